The molecule has 0 saturated carbocycles. The third-order valence-electron chi connectivity index (χ3n) is 4.37. The third kappa shape index (κ3) is 11.1. The predicted molar refractivity (Wildman–Crippen MR) is 109 cm³/mol. The quantitative estimate of drug-likeness (QED) is 0.342. The monoisotopic (exact) mass is 411 g/mol. The molecule has 1 N–H and O–H groups in total. The fourth-order valence-corrected chi connectivity index (χ4v) is 3.67. The zero-order chi connectivity index (χ0) is 20.7. The van der Waals surface area contributed by atoms with Gasteiger partial charge in [0.1, 0.15) is 4.90 Å². The minimum Gasteiger partial charge on any atom is -0.356 e. The molecule has 1 aromatic carbocycles. The molecule has 0 bridgehead atoms. The number of carbonyl (C=O) groups is 2. The third-order valence-corrected chi connectivity index (χ3v) is 5.63. The van der Waals surface area contributed by atoms with Crippen LogP contribution in [0, 0.1) is 0 Å². The van der Waals surface area contributed by atoms with E-state index in [0.29, 0.717) is 19.4 Å². The Hall–Kier alpha value is -1.89. The maximum absolute atomic E-state index is 11.9. The average molecular weight is 412 g/mol. The van der Waals surface area contributed by atoms with E-state index < -0.39 is 16.1 Å². The van der Waals surface area contributed by atoms with Crippen molar-refractivity contribution in [1.29, 1.82) is 0 Å². The van der Waals surface area contributed by atoms with E-state index in [-0.39, 0.29) is 17.2 Å². The summed E-state index contributed by atoms with van der Waals surface area (Å²) in [5.41, 5.74) is 0. The summed E-state index contributed by atoms with van der Waals surface area (Å²) >= 11 is 0. The number of hydrogen-bond donors (Lipinski definition) is 1. The van der Waals surface area contributed by atoms with E-state index in [1.165, 1.54) is 37.8 Å². The van der Waals surface area contributed by atoms with Gasteiger partial charge in [0.25, 0.3) is 0 Å². The lowest BCUT2D eigenvalue weighted by Gasteiger charge is -2.06. The van der Waals surface area contributed by atoms with E-state index >= 15 is 0 Å². The highest BCUT2D eigenvalue weighted by Crippen LogP contribution is 2.13. The van der Waals surface area contributed by atoms with E-state index in [4.69, 9.17) is 0 Å². The van der Waals surface area contributed by atoms with E-state index in [2.05, 4.69) is 16.4 Å². The zero-order valence-corrected chi connectivity index (χ0v) is 17.6. The lowest BCUT2D eigenvalue weighted by atomic mass is 10.1. The molecule has 0 aliphatic heterocycles. The lowest BCUT2D eigenvalue weighted by Crippen LogP contribution is -2.24. The van der Waals surface area contributed by atoms with E-state index in [1.807, 2.05) is 0 Å². The van der Waals surface area contributed by atoms with Crippen molar-refractivity contribution in [3.05, 3.63) is 30.3 Å². The largest absolute Gasteiger partial charge is 0.356 e. The highest BCUT2D eigenvalue weighted by Gasteiger charge is 2.19. The minimum absolute atomic E-state index is 0.0311. The molecule has 0 aliphatic carbocycles. The number of rotatable bonds is 15. The summed E-state index contributed by atoms with van der Waals surface area (Å²) in [4.78, 5) is 23.4. The average Bonchev–Trinajstić information content (AvgIpc) is 2.67. The lowest BCUT2D eigenvalue weighted by molar-refractivity contribution is -0.134. The first-order chi connectivity index (χ1) is 13.5. The molecule has 0 atom stereocenters. The van der Waals surface area contributed by atoms with Gasteiger partial charge in [-0.3, -0.25) is 9.59 Å². The SMILES string of the molecule is CCCCCCCCC(=O)NCCCCCC(=O)OS(=O)(=O)c1ccccc1. The first-order valence-electron chi connectivity index (χ1n) is 10.2. The van der Waals surface area contributed by atoms with Crippen LogP contribution in [0.25, 0.3) is 0 Å². The smallest absolute Gasteiger partial charge is 0.341 e. The van der Waals surface area contributed by atoms with Crippen molar-refractivity contribution >= 4 is 22.0 Å². The second-order valence-corrected chi connectivity index (χ2v) is 8.45. The number of benzene rings is 1. The molecule has 1 rings (SSSR count). The number of unbranched alkanes of at least 4 members (excludes halogenated alkanes) is 7. The summed E-state index contributed by atoms with van der Waals surface area (Å²) in [6.07, 6.45) is 9.55. The topological polar surface area (TPSA) is 89.5 Å². The van der Waals surface area contributed by atoms with Crippen molar-refractivity contribution in [2.75, 3.05) is 6.54 Å². The minimum atomic E-state index is -4.04. The van der Waals surface area contributed by atoms with Crippen molar-refractivity contribution < 1.29 is 22.2 Å². The summed E-state index contributed by atoms with van der Waals surface area (Å²) in [6, 6.07) is 7.60. The highest BCUT2D eigenvalue weighted by molar-refractivity contribution is 7.87. The molecule has 1 aromatic rings. The van der Waals surface area contributed by atoms with Crippen LogP contribution >= 0.6 is 0 Å². The van der Waals surface area contributed by atoms with Gasteiger partial charge >= 0.3 is 16.1 Å². The van der Waals surface area contributed by atoms with Gasteiger partial charge in [0, 0.05) is 19.4 Å². The first-order valence-corrected chi connectivity index (χ1v) is 11.7. The fourth-order valence-electron chi connectivity index (χ4n) is 2.75. The van der Waals surface area contributed by atoms with Crippen LogP contribution in [0.15, 0.2) is 35.2 Å². The maximum atomic E-state index is 11.9. The van der Waals surface area contributed by atoms with Gasteiger partial charge in [-0.2, -0.15) is 8.42 Å². The van der Waals surface area contributed by atoms with Crippen molar-refractivity contribution in [1.82, 2.24) is 5.32 Å². The maximum Gasteiger partial charge on any atom is 0.341 e. The number of nitrogens with one attached hydrogen (secondary N) is 1. The second kappa shape index (κ2) is 14.2. The van der Waals surface area contributed by atoms with Gasteiger partial charge < -0.3 is 9.50 Å². The fraction of sp³-hybridized carbons (Fsp3) is 0.619. The van der Waals surface area contributed by atoms with E-state index in [9.17, 15) is 18.0 Å². The molecule has 28 heavy (non-hydrogen) atoms. The van der Waals surface area contributed by atoms with Crippen molar-refractivity contribution in [2.45, 2.75) is 82.4 Å². The summed E-state index contributed by atoms with van der Waals surface area (Å²) in [7, 11) is -4.04. The second-order valence-electron chi connectivity index (χ2n) is 6.90. The molecule has 0 heterocycles. The standard InChI is InChI=1S/C21H33NO5S/c1-2-3-4-5-6-11-16-20(23)22-18-13-8-12-17-21(24)27-28(25,26)19-14-9-7-10-15-19/h7,9-10,14-15H,2-6,8,11-13,16-18H2,1H3,(H,22,23). The van der Waals surface area contributed by atoms with Gasteiger partial charge in [0.15, 0.2) is 0 Å². The first kappa shape index (κ1) is 24.1. The van der Waals surface area contributed by atoms with Gasteiger partial charge in [0.05, 0.1) is 0 Å². The Balaban J connectivity index is 2.05. The van der Waals surface area contributed by atoms with Crippen LogP contribution < -0.4 is 5.32 Å². The van der Waals surface area contributed by atoms with Gasteiger partial charge in [-0.1, -0.05) is 63.6 Å². The van der Waals surface area contributed by atoms with Crippen molar-refractivity contribution in [3.63, 3.8) is 0 Å². The number of hydrogen-bond acceptors (Lipinski definition) is 5. The molecule has 0 unspecified atom stereocenters. The summed E-state index contributed by atoms with van der Waals surface area (Å²) in [6.45, 7) is 2.76. The molecular formula is C21H33NO5S. The molecule has 7 heteroatoms. The van der Waals surface area contributed by atoms with E-state index in [1.54, 1.807) is 18.2 Å². The predicted octanol–water partition coefficient (Wildman–Crippen LogP) is 4.35. The summed E-state index contributed by atoms with van der Waals surface area (Å²) in [5, 5.41) is 2.88. The van der Waals surface area contributed by atoms with Crippen LogP contribution in [0.1, 0.15) is 77.6 Å². The Bertz CT molecular complexity index is 673. The Morgan fingerprint density at radius 2 is 1.46 bits per heavy atom. The van der Waals surface area contributed by atoms with Crippen molar-refractivity contribution in [3.8, 4) is 0 Å². The van der Waals surface area contributed by atoms with Crippen LogP contribution in [-0.4, -0.2) is 26.8 Å². The number of amides is 1. The van der Waals surface area contributed by atoms with Crippen LogP contribution in [-0.2, 0) is 23.9 Å². The van der Waals surface area contributed by atoms with Crippen LogP contribution in [0.3, 0.4) is 0 Å². The van der Waals surface area contributed by atoms with Gasteiger partial charge in [-0.05, 0) is 31.4 Å². The molecule has 0 radical (unpaired) electrons. The van der Waals surface area contributed by atoms with Gasteiger partial charge in [-0.25, -0.2) is 0 Å². The Labute approximate surface area is 169 Å². The normalized spacial score (nSPS) is 11.2. The molecular weight excluding hydrogens is 378 g/mol. The Morgan fingerprint density at radius 1 is 0.857 bits per heavy atom. The highest BCUT2D eigenvalue weighted by atomic mass is 32.2. The van der Waals surface area contributed by atoms with E-state index in [0.717, 1.165) is 25.7 Å². The molecule has 158 valence electrons. The summed E-state index contributed by atoms with van der Waals surface area (Å²) in [5.74, 6) is -0.681. The molecule has 0 spiro atoms. The molecule has 6 nitrogen and oxygen atoms in total. The summed E-state index contributed by atoms with van der Waals surface area (Å²) < 4.78 is 28.5. The van der Waals surface area contributed by atoms with Crippen LogP contribution in [0.2, 0.25) is 0 Å². The molecule has 0 aromatic heterocycles. The molecule has 1 amide bonds. The van der Waals surface area contributed by atoms with Gasteiger partial charge in [0.2, 0.25) is 5.91 Å². The van der Waals surface area contributed by atoms with Crippen LogP contribution in [0.4, 0.5) is 0 Å². The molecule has 0 aliphatic rings. The van der Waals surface area contributed by atoms with Gasteiger partial charge in [-0.15, -0.1) is 0 Å². The number of carbonyl (C=O) groups excluding carboxylic acids is 2. The Kier molecular flexibility index (Phi) is 12.2. The molecule has 0 fully saturated rings. The van der Waals surface area contributed by atoms with Crippen molar-refractivity contribution in [2.24, 2.45) is 0 Å². The van der Waals surface area contributed by atoms with Crippen LogP contribution in [0.5, 0.6) is 0 Å². The molecule has 0 saturated heterocycles. The zero-order valence-electron chi connectivity index (χ0n) is 16.8. The Morgan fingerprint density at radius 3 is 2.18 bits per heavy atom.